The SMILES string of the molecule is COC1(CC(=O)N2CCC3(O)CCCCC3C2)CCC1. The van der Waals surface area contributed by atoms with Crippen molar-refractivity contribution in [3.63, 3.8) is 0 Å². The fourth-order valence-electron chi connectivity index (χ4n) is 4.21. The number of amides is 1. The molecular weight excluding hydrogens is 254 g/mol. The summed E-state index contributed by atoms with van der Waals surface area (Å²) in [6, 6.07) is 0. The fraction of sp³-hybridized carbons (Fsp3) is 0.938. The Hall–Kier alpha value is -0.610. The van der Waals surface area contributed by atoms with E-state index in [1.54, 1.807) is 7.11 Å². The second-order valence-corrected chi connectivity index (χ2v) is 7.05. The molecule has 0 radical (unpaired) electrons. The first-order chi connectivity index (χ1) is 9.57. The van der Waals surface area contributed by atoms with Gasteiger partial charge >= 0.3 is 0 Å². The van der Waals surface area contributed by atoms with Gasteiger partial charge in [-0.25, -0.2) is 0 Å². The first-order valence-electron chi connectivity index (χ1n) is 8.12. The van der Waals surface area contributed by atoms with E-state index in [1.165, 1.54) is 12.8 Å². The molecule has 1 heterocycles. The Morgan fingerprint density at radius 1 is 1.25 bits per heavy atom. The number of piperidine rings is 1. The molecule has 0 aromatic carbocycles. The lowest BCUT2D eigenvalue weighted by Gasteiger charge is -2.48. The number of likely N-dealkylation sites (tertiary alicyclic amines) is 1. The third-order valence-electron chi connectivity index (χ3n) is 5.95. The van der Waals surface area contributed by atoms with Crippen LogP contribution in [0.15, 0.2) is 0 Å². The summed E-state index contributed by atoms with van der Waals surface area (Å²) >= 11 is 0. The molecule has 0 aromatic heterocycles. The first-order valence-corrected chi connectivity index (χ1v) is 8.12. The van der Waals surface area contributed by atoms with E-state index in [0.717, 1.165) is 45.1 Å². The number of aliphatic hydroxyl groups is 1. The highest BCUT2D eigenvalue weighted by Gasteiger charge is 2.45. The first kappa shape index (κ1) is 14.3. The lowest BCUT2D eigenvalue weighted by Crippen LogP contribution is -2.56. The Balaban J connectivity index is 1.60. The van der Waals surface area contributed by atoms with Gasteiger partial charge in [-0.2, -0.15) is 0 Å². The van der Waals surface area contributed by atoms with Crippen LogP contribution in [0.3, 0.4) is 0 Å². The number of methoxy groups -OCH3 is 1. The van der Waals surface area contributed by atoms with E-state index in [1.807, 2.05) is 4.90 Å². The third kappa shape index (κ3) is 2.48. The predicted octanol–water partition coefficient (Wildman–Crippen LogP) is 2.10. The Kier molecular flexibility index (Phi) is 3.80. The predicted molar refractivity (Wildman–Crippen MR) is 76.3 cm³/mol. The smallest absolute Gasteiger partial charge is 0.225 e. The third-order valence-corrected chi connectivity index (χ3v) is 5.95. The lowest BCUT2D eigenvalue weighted by atomic mass is 9.71. The summed E-state index contributed by atoms with van der Waals surface area (Å²) < 4.78 is 5.56. The summed E-state index contributed by atoms with van der Waals surface area (Å²) in [6.45, 7) is 1.46. The largest absolute Gasteiger partial charge is 0.389 e. The van der Waals surface area contributed by atoms with Crippen LogP contribution in [0.4, 0.5) is 0 Å². The van der Waals surface area contributed by atoms with Gasteiger partial charge in [0.05, 0.1) is 17.6 Å². The van der Waals surface area contributed by atoms with Crippen LogP contribution in [0.25, 0.3) is 0 Å². The fourth-order valence-corrected chi connectivity index (χ4v) is 4.21. The van der Waals surface area contributed by atoms with Gasteiger partial charge in [0.1, 0.15) is 0 Å². The average Bonchev–Trinajstić information content (AvgIpc) is 2.41. The Labute approximate surface area is 121 Å². The van der Waals surface area contributed by atoms with Crippen LogP contribution in [0.2, 0.25) is 0 Å². The van der Waals surface area contributed by atoms with Crippen LogP contribution in [0.1, 0.15) is 57.8 Å². The maximum atomic E-state index is 12.5. The standard InChI is InChI=1S/C16H27NO3/c1-20-15(6-4-7-15)11-14(18)17-10-9-16(19)8-3-2-5-13(16)12-17/h13,19H,2-12H2,1H3. The highest BCUT2D eigenvalue weighted by atomic mass is 16.5. The summed E-state index contributed by atoms with van der Waals surface area (Å²) in [5, 5.41) is 10.7. The van der Waals surface area contributed by atoms with E-state index in [4.69, 9.17) is 4.74 Å². The van der Waals surface area contributed by atoms with Gasteiger partial charge in [0.2, 0.25) is 5.91 Å². The maximum Gasteiger partial charge on any atom is 0.225 e. The van der Waals surface area contributed by atoms with Gasteiger partial charge in [-0.1, -0.05) is 12.8 Å². The number of nitrogens with zero attached hydrogens (tertiary/aromatic N) is 1. The summed E-state index contributed by atoms with van der Waals surface area (Å²) in [6.07, 6.45) is 8.77. The molecule has 3 aliphatic rings. The zero-order chi connectivity index (χ0) is 14.2. The highest BCUT2D eigenvalue weighted by Crippen LogP contribution is 2.42. The number of fused-ring (bicyclic) bond motifs is 1. The minimum absolute atomic E-state index is 0.183. The molecule has 2 unspecified atom stereocenters. The molecule has 4 heteroatoms. The molecule has 1 saturated heterocycles. The van der Waals surface area contributed by atoms with Gasteiger partial charge in [-0.3, -0.25) is 4.79 Å². The van der Waals surface area contributed by atoms with Crippen molar-refractivity contribution in [3.8, 4) is 0 Å². The summed E-state index contributed by atoms with van der Waals surface area (Å²) in [4.78, 5) is 14.5. The molecule has 2 atom stereocenters. The number of carbonyl (C=O) groups excluding carboxylic acids is 1. The molecule has 0 aromatic rings. The van der Waals surface area contributed by atoms with Gasteiger partial charge in [-0.05, 0) is 38.5 Å². The van der Waals surface area contributed by atoms with Crippen molar-refractivity contribution in [3.05, 3.63) is 0 Å². The number of hydrogen-bond acceptors (Lipinski definition) is 3. The number of ether oxygens (including phenoxy) is 1. The molecule has 1 N–H and O–H groups in total. The van der Waals surface area contributed by atoms with Crippen LogP contribution in [0, 0.1) is 5.92 Å². The highest BCUT2D eigenvalue weighted by molar-refractivity contribution is 5.77. The minimum atomic E-state index is -0.496. The second-order valence-electron chi connectivity index (χ2n) is 7.05. The van der Waals surface area contributed by atoms with Crippen molar-refractivity contribution < 1.29 is 14.6 Å². The average molecular weight is 281 g/mol. The van der Waals surface area contributed by atoms with Crippen molar-refractivity contribution >= 4 is 5.91 Å². The van der Waals surface area contributed by atoms with Crippen molar-refractivity contribution in [1.29, 1.82) is 0 Å². The molecule has 0 bridgehead atoms. The van der Waals surface area contributed by atoms with Gasteiger partial charge in [0.25, 0.3) is 0 Å². The summed E-state index contributed by atoms with van der Waals surface area (Å²) in [5.41, 5.74) is -0.679. The Bertz CT molecular complexity index is 374. The van der Waals surface area contributed by atoms with E-state index >= 15 is 0 Å². The maximum absolute atomic E-state index is 12.5. The number of carbonyl (C=O) groups is 1. The van der Waals surface area contributed by atoms with Crippen molar-refractivity contribution in [1.82, 2.24) is 4.90 Å². The molecule has 1 aliphatic heterocycles. The van der Waals surface area contributed by atoms with E-state index in [-0.39, 0.29) is 17.4 Å². The Morgan fingerprint density at radius 3 is 2.70 bits per heavy atom. The molecule has 20 heavy (non-hydrogen) atoms. The molecule has 2 saturated carbocycles. The van der Waals surface area contributed by atoms with E-state index in [2.05, 4.69) is 0 Å². The van der Waals surface area contributed by atoms with Crippen molar-refractivity contribution in [2.75, 3.05) is 20.2 Å². The zero-order valence-corrected chi connectivity index (χ0v) is 12.6. The van der Waals surface area contributed by atoms with Crippen LogP contribution < -0.4 is 0 Å². The van der Waals surface area contributed by atoms with Gasteiger partial charge in [-0.15, -0.1) is 0 Å². The zero-order valence-electron chi connectivity index (χ0n) is 12.6. The Morgan fingerprint density at radius 2 is 2.05 bits per heavy atom. The van der Waals surface area contributed by atoms with Gasteiger partial charge in [0, 0.05) is 26.1 Å². The minimum Gasteiger partial charge on any atom is -0.389 e. The van der Waals surface area contributed by atoms with Crippen LogP contribution in [-0.4, -0.2) is 47.3 Å². The molecule has 0 spiro atoms. The van der Waals surface area contributed by atoms with E-state index < -0.39 is 5.60 Å². The second kappa shape index (κ2) is 5.30. The normalized spacial score (nSPS) is 36.1. The van der Waals surface area contributed by atoms with Crippen molar-refractivity contribution in [2.24, 2.45) is 5.92 Å². The molecular formula is C16H27NO3. The van der Waals surface area contributed by atoms with Crippen LogP contribution in [-0.2, 0) is 9.53 Å². The summed E-state index contributed by atoms with van der Waals surface area (Å²) in [7, 11) is 1.72. The monoisotopic (exact) mass is 281 g/mol. The lowest BCUT2D eigenvalue weighted by molar-refractivity contribution is -0.154. The molecule has 1 amide bonds. The van der Waals surface area contributed by atoms with E-state index in [9.17, 15) is 9.90 Å². The molecule has 3 fully saturated rings. The summed E-state index contributed by atoms with van der Waals surface area (Å²) in [5.74, 6) is 0.507. The van der Waals surface area contributed by atoms with Crippen LogP contribution in [0.5, 0.6) is 0 Å². The van der Waals surface area contributed by atoms with Gasteiger partial charge in [0.15, 0.2) is 0 Å². The molecule has 114 valence electrons. The molecule has 2 aliphatic carbocycles. The topological polar surface area (TPSA) is 49.8 Å². The van der Waals surface area contributed by atoms with Gasteiger partial charge < -0.3 is 14.7 Å². The number of rotatable bonds is 3. The number of hydrogen-bond donors (Lipinski definition) is 1. The van der Waals surface area contributed by atoms with Crippen LogP contribution >= 0.6 is 0 Å². The molecule has 4 nitrogen and oxygen atoms in total. The van der Waals surface area contributed by atoms with E-state index in [0.29, 0.717) is 13.0 Å². The van der Waals surface area contributed by atoms with Crippen molar-refractivity contribution in [2.45, 2.75) is 69.0 Å². The molecule has 3 rings (SSSR count). The quantitative estimate of drug-likeness (QED) is 0.862.